The third-order valence-electron chi connectivity index (χ3n) is 3.29. The number of aliphatic hydroxyl groups is 1. The van der Waals surface area contributed by atoms with Crippen LogP contribution in [0.1, 0.15) is 25.7 Å². The molecular weight excluding hydrogens is 266 g/mol. The molecule has 8 heteroatoms. The summed E-state index contributed by atoms with van der Waals surface area (Å²) in [5.74, 6) is -1.52. The summed E-state index contributed by atoms with van der Waals surface area (Å²) in [6.07, 6.45) is 0.772. The highest BCUT2D eigenvalue weighted by atomic mass is 16.4. The maximum Gasteiger partial charge on any atom is 0.332 e. The van der Waals surface area contributed by atoms with E-state index in [9.17, 15) is 14.4 Å². The van der Waals surface area contributed by atoms with Gasteiger partial charge in [0.15, 0.2) is 6.10 Å². The number of likely N-dealkylation sites (N-methyl/N-ethyl adjacent to an activating group) is 1. The van der Waals surface area contributed by atoms with E-state index in [2.05, 4.69) is 10.6 Å². The van der Waals surface area contributed by atoms with Crippen molar-refractivity contribution in [2.24, 2.45) is 0 Å². The van der Waals surface area contributed by atoms with E-state index in [0.717, 1.165) is 12.8 Å². The number of carboxylic acids is 1. The molecule has 4 N–H and O–H groups in total. The molecule has 20 heavy (non-hydrogen) atoms. The Morgan fingerprint density at radius 2 is 2.05 bits per heavy atom. The van der Waals surface area contributed by atoms with Crippen LogP contribution in [0.25, 0.3) is 0 Å². The van der Waals surface area contributed by atoms with Crippen molar-refractivity contribution in [1.29, 1.82) is 0 Å². The minimum atomic E-state index is -1.49. The minimum Gasteiger partial charge on any atom is -0.479 e. The van der Waals surface area contributed by atoms with Gasteiger partial charge in [-0.1, -0.05) is 0 Å². The van der Waals surface area contributed by atoms with Gasteiger partial charge in [0, 0.05) is 26.6 Å². The zero-order chi connectivity index (χ0) is 15.1. The molecular formula is C12H21N3O5. The zero-order valence-electron chi connectivity index (χ0n) is 11.5. The number of aliphatic carboxylic acids is 1. The third kappa shape index (κ3) is 4.37. The first kappa shape index (κ1) is 16.2. The van der Waals surface area contributed by atoms with E-state index in [1.807, 2.05) is 0 Å². The van der Waals surface area contributed by atoms with Gasteiger partial charge in [-0.15, -0.1) is 0 Å². The summed E-state index contributed by atoms with van der Waals surface area (Å²) in [6.45, 7) is 0.536. The van der Waals surface area contributed by atoms with E-state index < -0.39 is 24.1 Å². The number of carbonyl (C=O) groups excluding carboxylic acids is 2. The van der Waals surface area contributed by atoms with Crippen LogP contribution in [0.4, 0.5) is 4.79 Å². The number of nitrogens with zero attached hydrogens (tertiary/aromatic N) is 1. The van der Waals surface area contributed by atoms with Crippen LogP contribution in [-0.4, -0.2) is 65.3 Å². The Morgan fingerprint density at radius 3 is 2.65 bits per heavy atom. The normalized spacial score (nSPS) is 20.1. The number of carboxylic acid groups (broad SMARTS) is 1. The molecule has 0 bridgehead atoms. The standard InChI is InChI=1S/C12H21N3O5/c1-13-10(17)8-4-2-3-7-15(8)12(20)14-6-5-9(16)11(18)19/h8-9,16H,2-7H2,1H3,(H,13,17)(H,14,20)(H,18,19)/t8?,9-/m0/s1. The molecule has 0 spiro atoms. The second-order valence-corrected chi connectivity index (χ2v) is 4.69. The number of urea groups is 1. The fraction of sp³-hybridized carbons (Fsp3) is 0.750. The van der Waals surface area contributed by atoms with Crippen LogP contribution in [-0.2, 0) is 9.59 Å². The van der Waals surface area contributed by atoms with Crippen molar-refractivity contribution < 1.29 is 24.6 Å². The summed E-state index contributed by atoms with van der Waals surface area (Å²) >= 11 is 0. The fourth-order valence-corrected chi connectivity index (χ4v) is 2.15. The lowest BCUT2D eigenvalue weighted by Gasteiger charge is -2.34. The average Bonchev–Trinajstić information content (AvgIpc) is 2.45. The summed E-state index contributed by atoms with van der Waals surface area (Å²) < 4.78 is 0. The quantitative estimate of drug-likeness (QED) is 0.524. The summed E-state index contributed by atoms with van der Waals surface area (Å²) in [6, 6.07) is -0.894. The van der Waals surface area contributed by atoms with E-state index in [-0.39, 0.29) is 18.9 Å². The van der Waals surface area contributed by atoms with Crippen LogP contribution in [0, 0.1) is 0 Å². The summed E-state index contributed by atoms with van der Waals surface area (Å²) in [4.78, 5) is 35.6. The molecule has 0 aromatic heterocycles. The number of carbonyl (C=O) groups is 3. The second kappa shape index (κ2) is 7.68. The lowest BCUT2D eigenvalue weighted by molar-refractivity contribution is -0.146. The van der Waals surface area contributed by atoms with Crippen LogP contribution in [0.15, 0.2) is 0 Å². The van der Waals surface area contributed by atoms with Crippen molar-refractivity contribution in [3.8, 4) is 0 Å². The molecule has 2 atom stereocenters. The van der Waals surface area contributed by atoms with E-state index in [1.165, 1.54) is 11.9 Å². The molecule has 1 fully saturated rings. The first-order valence-electron chi connectivity index (χ1n) is 6.64. The predicted octanol–water partition coefficient (Wildman–Crippen LogP) is -0.868. The number of amides is 3. The molecule has 3 amide bonds. The Balaban J connectivity index is 2.47. The highest BCUT2D eigenvalue weighted by molar-refractivity contribution is 5.87. The maximum atomic E-state index is 12.0. The Hall–Kier alpha value is -1.83. The number of likely N-dealkylation sites (tertiary alicyclic amines) is 1. The number of nitrogens with one attached hydrogen (secondary N) is 2. The number of piperidine rings is 1. The number of hydrogen-bond donors (Lipinski definition) is 4. The molecule has 1 unspecified atom stereocenters. The highest BCUT2D eigenvalue weighted by Crippen LogP contribution is 2.17. The summed E-state index contributed by atoms with van der Waals surface area (Å²) in [5.41, 5.74) is 0. The van der Waals surface area contributed by atoms with Crippen molar-refractivity contribution >= 4 is 17.9 Å². The van der Waals surface area contributed by atoms with Crippen molar-refractivity contribution in [2.45, 2.75) is 37.8 Å². The molecule has 1 rings (SSSR count). The van der Waals surface area contributed by atoms with Crippen LogP contribution in [0.3, 0.4) is 0 Å². The van der Waals surface area contributed by atoms with Gasteiger partial charge in [-0.2, -0.15) is 0 Å². The van der Waals surface area contributed by atoms with Gasteiger partial charge in [0.2, 0.25) is 5.91 Å². The molecule has 114 valence electrons. The number of rotatable bonds is 5. The van der Waals surface area contributed by atoms with Crippen LogP contribution in [0.5, 0.6) is 0 Å². The lowest BCUT2D eigenvalue weighted by Crippen LogP contribution is -2.54. The maximum absolute atomic E-state index is 12.0. The largest absolute Gasteiger partial charge is 0.479 e. The average molecular weight is 287 g/mol. The Bertz CT molecular complexity index is 374. The fourth-order valence-electron chi connectivity index (χ4n) is 2.15. The van der Waals surface area contributed by atoms with Crippen molar-refractivity contribution in [2.75, 3.05) is 20.1 Å². The van der Waals surface area contributed by atoms with Gasteiger partial charge in [-0.3, -0.25) is 4.79 Å². The van der Waals surface area contributed by atoms with Crippen molar-refractivity contribution in [1.82, 2.24) is 15.5 Å². The monoisotopic (exact) mass is 287 g/mol. The van der Waals surface area contributed by atoms with Crippen LogP contribution >= 0.6 is 0 Å². The number of aliphatic hydroxyl groups excluding tert-OH is 1. The Kier molecular flexibility index (Phi) is 6.23. The van der Waals surface area contributed by atoms with Crippen molar-refractivity contribution in [3.63, 3.8) is 0 Å². The van der Waals surface area contributed by atoms with Gasteiger partial charge in [0.25, 0.3) is 0 Å². The highest BCUT2D eigenvalue weighted by Gasteiger charge is 2.31. The molecule has 1 aliphatic heterocycles. The van der Waals surface area contributed by atoms with Crippen LogP contribution < -0.4 is 10.6 Å². The van der Waals surface area contributed by atoms with Gasteiger partial charge < -0.3 is 25.7 Å². The van der Waals surface area contributed by atoms with Crippen molar-refractivity contribution in [3.05, 3.63) is 0 Å². The minimum absolute atomic E-state index is 0.0449. The topological polar surface area (TPSA) is 119 Å². The second-order valence-electron chi connectivity index (χ2n) is 4.69. The van der Waals surface area contributed by atoms with E-state index in [1.54, 1.807) is 0 Å². The summed E-state index contributed by atoms with van der Waals surface area (Å²) in [7, 11) is 1.52. The molecule has 1 heterocycles. The van der Waals surface area contributed by atoms with Gasteiger partial charge in [0.1, 0.15) is 6.04 Å². The van der Waals surface area contributed by atoms with E-state index >= 15 is 0 Å². The molecule has 0 aromatic carbocycles. The van der Waals surface area contributed by atoms with Gasteiger partial charge >= 0.3 is 12.0 Å². The van der Waals surface area contributed by atoms with Gasteiger partial charge in [-0.05, 0) is 19.3 Å². The molecule has 0 aliphatic carbocycles. The Labute approximate surface area is 117 Å². The summed E-state index contributed by atoms with van der Waals surface area (Å²) in [5, 5.41) is 22.7. The molecule has 0 radical (unpaired) electrons. The first-order valence-corrected chi connectivity index (χ1v) is 6.64. The van der Waals surface area contributed by atoms with Crippen LogP contribution in [0.2, 0.25) is 0 Å². The Morgan fingerprint density at radius 1 is 1.35 bits per heavy atom. The zero-order valence-corrected chi connectivity index (χ0v) is 11.5. The SMILES string of the molecule is CNC(=O)C1CCCCN1C(=O)NCC[C@H](O)C(=O)O. The number of hydrogen-bond acceptors (Lipinski definition) is 4. The first-order chi connectivity index (χ1) is 9.47. The predicted molar refractivity (Wildman–Crippen MR) is 70.1 cm³/mol. The molecule has 0 saturated carbocycles. The van der Waals surface area contributed by atoms with E-state index in [0.29, 0.717) is 13.0 Å². The molecule has 1 saturated heterocycles. The molecule has 8 nitrogen and oxygen atoms in total. The smallest absolute Gasteiger partial charge is 0.332 e. The van der Waals surface area contributed by atoms with Gasteiger partial charge in [0.05, 0.1) is 0 Å². The molecule has 0 aromatic rings. The van der Waals surface area contributed by atoms with E-state index in [4.69, 9.17) is 10.2 Å². The van der Waals surface area contributed by atoms with Gasteiger partial charge in [-0.25, -0.2) is 9.59 Å². The molecule has 1 aliphatic rings. The lowest BCUT2D eigenvalue weighted by atomic mass is 10.0. The third-order valence-corrected chi connectivity index (χ3v) is 3.29.